The summed E-state index contributed by atoms with van der Waals surface area (Å²) in [7, 11) is 0. The second-order valence-electron chi connectivity index (χ2n) is 6.37. The Balaban J connectivity index is 1.71. The first-order valence-electron chi connectivity index (χ1n) is 8.80. The van der Waals surface area contributed by atoms with Crippen molar-refractivity contribution in [3.05, 3.63) is 59.9 Å². The fourth-order valence-corrected chi connectivity index (χ4v) is 2.32. The summed E-state index contributed by atoms with van der Waals surface area (Å²) in [5.74, 6) is -1.42. The molecule has 3 N–H and O–H groups in total. The summed E-state index contributed by atoms with van der Waals surface area (Å²) >= 11 is 0. The second-order valence-corrected chi connectivity index (χ2v) is 6.37. The molecule has 0 unspecified atom stereocenters. The number of carbonyl (C=O) groups is 3. The van der Waals surface area contributed by atoms with Gasteiger partial charge in [0.15, 0.2) is 0 Å². The van der Waals surface area contributed by atoms with Crippen molar-refractivity contribution in [2.75, 3.05) is 11.9 Å². The van der Waals surface area contributed by atoms with Crippen molar-refractivity contribution in [2.24, 2.45) is 0 Å². The SMILES string of the molecule is CC(C)c1cccc(NC(=O)C(=O)NCCC(=O)NCc2ccncc2)c1. The molecule has 3 amide bonds. The Kier molecular flexibility index (Phi) is 7.49. The number of anilines is 1. The van der Waals surface area contributed by atoms with Gasteiger partial charge in [0.2, 0.25) is 5.91 Å². The first kappa shape index (κ1) is 20.1. The molecule has 0 saturated heterocycles. The normalized spacial score (nSPS) is 10.3. The van der Waals surface area contributed by atoms with E-state index in [2.05, 4.69) is 20.9 Å². The Morgan fingerprint density at radius 2 is 1.74 bits per heavy atom. The number of aromatic nitrogens is 1. The molecule has 1 aromatic carbocycles. The third-order valence-corrected chi connectivity index (χ3v) is 3.89. The van der Waals surface area contributed by atoms with E-state index in [0.29, 0.717) is 18.2 Å². The van der Waals surface area contributed by atoms with E-state index in [1.54, 1.807) is 30.6 Å². The van der Waals surface area contributed by atoms with Crippen LogP contribution in [0.25, 0.3) is 0 Å². The lowest BCUT2D eigenvalue weighted by molar-refractivity contribution is -0.136. The molecule has 0 aliphatic heterocycles. The van der Waals surface area contributed by atoms with Crippen LogP contribution >= 0.6 is 0 Å². The maximum Gasteiger partial charge on any atom is 0.313 e. The summed E-state index contributed by atoms with van der Waals surface area (Å²) in [6.45, 7) is 4.57. The zero-order chi connectivity index (χ0) is 19.6. The maximum atomic E-state index is 12.0. The summed E-state index contributed by atoms with van der Waals surface area (Å²) in [4.78, 5) is 39.5. The van der Waals surface area contributed by atoms with Crippen LogP contribution in [-0.4, -0.2) is 29.3 Å². The van der Waals surface area contributed by atoms with Crippen LogP contribution in [0.15, 0.2) is 48.8 Å². The van der Waals surface area contributed by atoms with E-state index in [0.717, 1.165) is 11.1 Å². The van der Waals surface area contributed by atoms with Crippen LogP contribution in [0.3, 0.4) is 0 Å². The largest absolute Gasteiger partial charge is 0.352 e. The van der Waals surface area contributed by atoms with Gasteiger partial charge in [0.1, 0.15) is 0 Å². The Morgan fingerprint density at radius 1 is 1.00 bits per heavy atom. The molecule has 0 bridgehead atoms. The molecule has 0 aliphatic carbocycles. The van der Waals surface area contributed by atoms with Crippen molar-refractivity contribution in [1.29, 1.82) is 0 Å². The van der Waals surface area contributed by atoms with Gasteiger partial charge in [-0.2, -0.15) is 0 Å². The van der Waals surface area contributed by atoms with Crippen molar-refractivity contribution in [2.45, 2.75) is 32.7 Å². The van der Waals surface area contributed by atoms with Crippen molar-refractivity contribution in [3.63, 3.8) is 0 Å². The van der Waals surface area contributed by atoms with Gasteiger partial charge in [0.05, 0.1) is 0 Å². The lowest BCUT2D eigenvalue weighted by Crippen LogP contribution is -2.37. The lowest BCUT2D eigenvalue weighted by Gasteiger charge is -2.10. The third-order valence-electron chi connectivity index (χ3n) is 3.89. The highest BCUT2D eigenvalue weighted by atomic mass is 16.2. The first-order valence-corrected chi connectivity index (χ1v) is 8.80. The van der Waals surface area contributed by atoms with Gasteiger partial charge in [-0.1, -0.05) is 26.0 Å². The average molecular weight is 368 g/mol. The zero-order valence-electron chi connectivity index (χ0n) is 15.5. The zero-order valence-corrected chi connectivity index (χ0v) is 15.5. The average Bonchev–Trinajstić information content (AvgIpc) is 2.67. The number of nitrogens with one attached hydrogen (secondary N) is 3. The van der Waals surface area contributed by atoms with E-state index in [9.17, 15) is 14.4 Å². The van der Waals surface area contributed by atoms with E-state index < -0.39 is 11.8 Å². The number of amides is 3. The molecular formula is C20H24N4O3. The minimum Gasteiger partial charge on any atom is -0.352 e. The van der Waals surface area contributed by atoms with E-state index in [1.165, 1.54) is 0 Å². The van der Waals surface area contributed by atoms with Gasteiger partial charge in [-0.25, -0.2) is 0 Å². The van der Waals surface area contributed by atoms with Gasteiger partial charge in [-0.3, -0.25) is 19.4 Å². The molecule has 1 aromatic heterocycles. The highest BCUT2D eigenvalue weighted by molar-refractivity contribution is 6.39. The molecule has 7 nitrogen and oxygen atoms in total. The fourth-order valence-electron chi connectivity index (χ4n) is 2.32. The van der Waals surface area contributed by atoms with Crippen LogP contribution in [0.5, 0.6) is 0 Å². The molecule has 7 heteroatoms. The quantitative estimate of drug-likeness (QED) is 0.651. The summed E-state index contributed by atoms with van der Waals surface area (Å²) in [6.07, 6.45) is 3.39. The van der Waals surface area contributed by atoms with E-state index >= 15 is 0 Å². The van der Waals surface area contributed by atoms with Gasteiger partial charge in [0.25, 0.3) is 0 Å². The van der Waals surface area contributed by atoms with Gasteiger partial charge in [-0.15, -0.1) is 0 Å². The molecule has 0 radical (unpaired) electrons. The van der Waals surface area contributed by atoms with E-state index in [1.807, 2.05) is 32.0 Å². The predicted octanol–water partition coefficient (Wildman–Crippen LogP) is 1.97. The van der Waals surface area contributed by atoms with Gasteiger partial charge in [-0.05, 0) is 41.3 Å². The van der Waals surface area contributed by atoms with Gasteiger partial charge >= 0.3 is 11.8 Å². The minimum atomic E-state index is -0.771. The maximum absolute atomic E-state index is 12.0. The fraction of sp³-hybridized carbons (Fsp3) is 0.300. The Bertz CT molecular complexity index is 791. The minimum absolute atomic E-state index is 0.0838. The van der Waals surface area contributed by atoms with Crippen LogP contribution in [0.1, 0.15) is 37.3 Å². The summed E-state index contributed by atoms with van der Waals surface area (Å²) < 4.78 is 0. The summed E-state index contributed by atoms with van der Waals surface area (Å²) in [5, 5.41) is 7.75. The molecule has 2 aromatic rings. The molecule has 0 aliphatic rings. The summed E-state index contributed by atoms with van der Waals surface area (Å²) in [6, 6.07) is 11.0. The third kappa shape index (κ3) is 6.89. The summed E-state index contributed by atoms with van der Waals surface area (Å²) in [5.41, 5.74) is 2.57. The first-order chi connectivity index (χ1) is 13.0. The monoisotopic (exact) mass is 368 g/mol. The molecule has 2 rings (SSSR count). The van der Waals surface area contributed by atoms with Gasteiger partial charge in [0, 0.05) is 37.6 Å². The molecule has 0 atom stereocenters. The molecule has 0 saturated carbocycles. The van der Waals surface area contributed by atoms with Crippen molar-refractivity contribution in [1.82, 2.24) is 15.6 Å². The lowest BCUT2D eigenvalue weighted by atomic mass is 10.0. The van der Waals surface area contributed by atoms with E-state index in [-0.39, 0.29) is 18.9 Å². The molecular weight excluding hydrogens is 344 g/mol. The van der Waals surface area contributed by atoms with Crippen molar-refractivity contribution in [3.8, 4) is 0 Å². The number of hydrogen-bond acceptors (Lipinski definition) is 4. The van der Waals surface area contributed by atoms with Gasteiger partial charge < -0.3 is 16.0 Å². The Labute approximate surface area is 158 Å². The number of benzene rings is 1. The van der Waals surface area contributed by atoms with Crippen LogP contribution in [0.2, 0.25) is 0 Å². The van der Waals surface area contributed by atoms with E-state index in [4.69, 9.17) is 0 Å². The molecule has 27 heavy (non-hydrogen) atoms. The topological polar surface area (TPSA) is 100 Å². The van der Waals surface area contributed by atoms with Crippen molar-refractivity contribution >= 4 is 23.4 Å². The van der Waals surface area contributed by atoms with Crippen molar-refractivity contribution < 1.29 is 14.4 Å². The smallest absolute Gasteiger partial charge is 0.313 e. The predicted molar refractivity (Wildman–Crippen MR) is 103 cm³/mol. The number of pyridine rings is 1. The van der Waals surface area contributed by atoms with Crippen LogP contribution in [0.4, 0.5) is 5.69 Å². The molecule has 0 spiro atoms. The number of hydrogen-bond donors (Lipinski definition) is 3. The second kappa shape index (κ2) is 10.1. The highest BCUT2D eigenvalue weighted by Crippen LogP contribution is 2.18. The standard InChI is InChI=1S/C20H24N4O3/c1-14(2)16-4-3-5-17(12-16)24-20(27)19(26)22-11-8-18(25)23-13-15-6-9-21-10-7-15/h3-7,9-10,12,14H,8,11,13H2,1-2H3,(H,22,26)(H,23,25)(H,24,27). The molecule has 1 heterocycles. The number of nitrogens with zero attached hydrogens (tertiary/aromatic N) is 1. The molecule has 142 valence electrons. The number of carbonyl (C=O) groups excluding carboxylic acids is 3. The Morgan fingerprint density at radius 3 is 2.44 bits per heavy atom. The highest BCUT2D eigenvalue weighted by Gasteiger charge is 2.14. The van der Waals surface area contributed by atoms with Crippen LogP contribution in [-0.2, 0) is 20.9 Å². The number of rotatable bonds is 7. The Hall–Kier alpha value is -3.22. The van der Waals surface area contributed by atoms with Crippen LogP contribution in [0, 0.1) is 0 Å². The molecule has 0 fully saturated rings. The van der Waals surface area contributed by atoms with Crippen LogP contribution < -0.4 is 16.0 Å².